The third kappa shape index (κ3) is 6.24. The van der Waals surface area contributed by atoms with Crippen LogP contribution in [0.5, 0.6) is 0 Å². The van der Waals surface area contributed by atoms with Gasteiger partial charge in [-0.3, -0.25) is 0 Å². The van der Waals surface area contributed by atoms with Crippen LogP contribution in [0.1, 0.15) is 71.4 Å². The molecule has 0 spiro atoms. The molecule has 0 N–H and O–H groups in total. The smallest absolute Gasteiger partial charge is 0.339 e. The molecule has 2 aromatic carbocycles. The van der Waals surface area contributed by atoms with Crippen LogP contribution in [0.4, 0.5) is 0 Å². The molecule has 0 saturated carbocycles. The SMILES string of the molecule is CCCCCCc1cccc(C(=O)OCc2ccccc2)c1C(=O)OCC. The van der Waals surface area contributed by atoms with Crippen molar-refractivity contribution in [2.45, 2.75) is 52.6 Å². The predicted octanol–water partition coefficient (Wildman–Crippen LogP) is 5.34. The summed E-state index contributed by atoms with van der Waals surface area (Å²) >= 11 is 0. The van der Waals surface area contributed by atoms with Gasteiger partial charge in [-0.2, -0.15) is 0 Å². The summed E-state index contributed by atoms with van der Waals surface area (Å²) in [5, 5.41) is 0. The zero-order chi connectivity index (χ0) is 19.5. The Hall–Kier alpha value is -2.62. The van der Waals surface area contributed by atoms with E-state index in [0.29, 0.717) is 5.56 Å². The lowest BCUT2D eigenvalue weighted by Gasteiger charge is -2.14. The van der Waals surface area contributed by atoms with E-state index in [9.17, 15) is 9.59 Å². The Morgan fingerprint density at radius 2 is 1.59 bits per heavy atom. The molecular formula is C23H28O4. The minimum Gasteiger partial charge on any atom is -0.462 e. The molecule has 0 aliphatic carbocycles. The summed E-state index contributed by atoms with van der Waals surface area (Å²) in [7, 11) is 0. The highest BCUT2D eigenvalue weighted by atomic mass is 16.5. The molecule has 0 radical (unpaired) electrons. The minimum atomic E-state index is -0.502. The van der Waals surface area contributed by atoms with E-state index in [4.69, 9.17) is 9.47 Å². The maximum Gasteiger partial charge on any atom is 0.339 e. The molecule has 0 aromatic heterocycles. The summed E-state index contributed by atoms with van der Waals surface area (Å²) in [6.07, 6.45) is 5.13. The molecule has 2 aromatic rings. The third-order valence-corrected chi connectivity index (χ3v) is 4.36. The van der Waals surface area contributed by atoms with Crippen LogP contribution >= 0.6 is 0 Å². The van der Waals surface area contributed by atoms with Crippen molar-refractivity contribution < 1.29 is 19.1 Å². The second-order valence-corrected chi connectivity index (χ2v) is 6.43. The van der Waals surface area contributed by atoms with Crippen molar-refractivity contribution in [1.29, 1.82) is 0 Å². The standard InChI is InChI=1S/C23H28O4/c1-3-5-6-10-14-19-15-11-16-20(21(19)23(25)26-4-2)22(24)27-17-18-12-8-7-9-13-18/h7-9,11-13,15-16H,3-6,10,14,17H2,1-2H3. The molecule has 4 nitrogen and oxygen atoms in total. The van der Waals surface area contributed by atoms with Gasteiger partial charge in [-0.1, -0.05) is 68.7 Å². The Balaban J connectivity index is 2.19. The number of unbranched alkanes of at least 4 members (excludes halogenated alkanes) is 3. The van der Waals surface area contributed by atoms with Gasteiger partial charge in [-0.25, -0.2) is 9.59 Å². The Morgan fingerprint density at radius 1 is 0.815 bits per heavy atom. The number of aryl methyl sites for hydroxylation is 1. The van der Waals surface area contributed by atoms with Crippen LogP contribution in [0.25, 0.3) is 0 Å². The number of esters is 2. The summed E-state index contributed by atoms with van der Waals surface area (Å²) in [5.74, 6) is -0.965. The number of carbonyl (C=O) groups excluding carboxylic acids is 2. The molecule has 0 amide bonds. The first-order valence-corrected chi connectivity index (χ1v) is 9.67. The van der Waals surface area contributed by atoms with Crippen LogP contribution < -0.4 is 0 Å². The van der Waals surface area contributed by atoms with Gasteiger partial charge < -0.3 is 9.47 Å². The number of ether oxygens (including phenoxy) is 2. The van der Waals surface area contributed by atoms with E-state index in [-0.39, 0.29) is 18.8 Å². The van der Waals surface area contributed by atoms with Gasteiger partial charge in [0.05, 0.1) is 17.7 Å². The topological polar surface area (TPSA) is 52.6 Å². The van der Waals surface area contributed by atoms with Gasteiger partial charge in [0.25, 0.3) is 0 Å². The fraction of sp³-hybridized carbons (Fsp3) is 0.391. The molecule has 4 heteroatoms. The van der Waals surface area contributed by atoms with E-state index in [1.54, 1.807) is 19.1 Å². The average molecular weight is 368 g/mol. The van der Waals surface area contributed by atoms with E-state index < -0.39 is 11.9 Å². The number of hydrogen-bond acceptors (Lipinski definition) is 4. The highest BCUT2D eigenvalue weighted by Gasteiger charge is 2.22. The van der Waals surface area contributed by atoms with E-state index in [1.807, 2.05) is 36.4 Å². The van der Waals surface area contributed by atoms with Crippen molar-refractivity contribution in [3.63, 3.8) is 0 Å². The number of hydrogen-bond donors (Lipinski definition) is 0. The molecule has 144 valence electrons. The molecule has 0 bridgehead atoms. The molecule has 0 unspecified atom stereocenters. The van der Waals surface area contributed by atoms with Crippen molar-refractivity contribution in [1.82, 2.24) is 0 Å². The van der Waals surface area contributed by atoms with Gasteiger partial charge in [0.1, 0.15) is 6.61 Å². The van der Waals surface area contributed by atoms with Crippen molar-refractivity contribution in [2.75, 3.05) is 6.61 Å². The van der Waals surface area contributed by atoms with Crippen molar-refractivity contribution in [2.24, 2.45) is 0 Å². The van der Waals surface area contributed by atoms with Crippen LogP contribution in [0, 0.1) is 0 Å². The van der Waals surface area contributed by atoms with Crippen molar-refractivity contribution in [3.8, 4) is 0 Å². The lowest BCUT2D eigenvalue weighted by Crippen LogP contribution is -2.16. The summed E-state index contributed by atoms with van der Waals surface area (Å²) in [5.41, 5.74) is 2.37. The van der Waals surface area contributed by atoms with Gasteiger partial charge >= 0.3 is 11.9 Å². The summed E-state index contributed by atoms with van der Waals surface area (Å²) in [6.45, 7) is 4.35. The number of benzene rings is 2. The molecule has 0 saturated heterocycles. The summed E-state index contributed by atoms with van der Waals surface area (Å²) in [4.78, 5) is 25.2. The second kappa shape index (κ2) is 11.2. The van der Waals surface area contributed by atoms with Crippen LogP contribution in [-0.2, 0) is 22.5 Å². The van der Waals surface area contributed by atoms with E-state index in [1.165, 1.54) is 0 Å². The van der Waals surface area contributed by atoms with Gasteiger partial charge in [0, 0.05) is 0 Å². The minimum absolute atomic E-state index is 0.169. The fourth-order valence-corrected chi connectivity index (χ4v) is 2.97. The molecule has 27 heavy (non-hydrogen) atoms. The predicted molar refractivity (Wildman–Crippen MR) is 106 cm³/mol. The molecule has 0 heterocycles. The quantitative estimate of drug-likeness (QED) is 0.419. The van der Waals surface area contributed by atoms with Crippen molar-refractivity contribution >= 4 is 11.9 Å². The average Bonchev–Trinajstić information content (AvgIpc) is 2.70. The van der Waals surface area contributed by atoms with Crippen LogP contribution in [0.3, 0.4) is 0 Å². The lowest BCUT2D eigenvalue weighted by molar-refractivity contribution is 0.0444. The first-order valence-electron chi connectivity index (χ1n) is 9.67. The monoisotopic (exact) mass is 368 g/mol. The van der Waals surface area contributed by atoms with Gasteiger partial charge in [0.2, 0.25) is 0 Å². The van der Waals surface area contributed by atoms with E-state index in [2.05, 4.69) is 6.92 Å². The van der Waals surface area contributed by atoms with Gasteiger partial charge in [0.15, 0.2) is 0 Å². The Morgan fingerprint density at radius 3 is 2.30 bits per heavy atom. The maximum absolute atomic E-state index is 12.6. The third-order valence-electron chi connectivity index (χ3n) is 4.36. The molecular weight excluding hydrogens is 340 g/mol. The van der Waals surface area contributed by atoms with E-state index in [0.717, 1.165) is 43.2 Å². The Kier molecular flexibility index (Phi) is 8.56. The molecule has 0 fully saturated rings. The van der Waals surface area contributed by atoms with Crippen LogP contribution in [0.15, 0.2) is 48.5 Å². The Labute approximate surface area is 161 Å². The first kappa shape index (κ1) is 20.7. The maximum atomic E-state index is 12.6. The van der Waals surface area contributed by atoms with Gasteiger partial charge in [-0.05, 0) is 37.0 Å². The molecule has 0 aliphatic heterocycles. The molecule has 2 rings (SSSR count). The normalized spacial score (nSPS) is 10.4. The lowest BCUT2D eigenvalue weighted by atomic mass is 9.96. The summed E-state index contributed by atoms with van der Waals surface area (Å²) < 4.78 is 10.6. The van der Waals surface area contributed by atoms with Gasteiger partial charge in [-0.15, -0.1) is 0 Å². The largest absolute Gasteiger partial charge is 0.462 e. The highest BCUT2D eigenvalue weighted by molar-refractivity contribution is 6.04. The molecule has 0 atom stereocenters. The van der Waals surface area contributed by atoms with Crippen molar-refractivity contribution in [3.05, 3.63) is 70.8 Å². The Bertz CT molecular complexity index is 737. The first-order chi connectivity index (χ1) is 13.2. The van der Waals surface area contributed by atoms with E-state index >= 15 is 0 Å². The fourth-order valence-electron chi connectivity index (χ4n) is 2.97. The van der Waals surface area contributed by atoms with Crippen LogP contribution in [-0.4, -0.2) is 18.5 Å². The van der Waals surface area contributed by atoms with Crippen LogP contribution in [0.2, 0.25) is 0 Å². The summed E-state index contributed by atoms with van der Waals surface area (Å²) in [6, 6.07) is 14.8. The molecule has 0 aliphatic rings. The zero-order valence-corrected chi connectivity index (χ0v) is 16.2. The number of rotatable bonds is 10. The second-order valence-electron chi connectivity index (χ2n) is 6.43. The zero-order valence-electron chi connectivity index (χ0n) is 16.2. The highest BCUT2D eigenvalue weighted by Crippen LogP contribution is 2.21. The number of carbonyl (C=O) groups is 2.